The maximum atomic E-state index is 11.3. The largest absolute Gasteiger partial charge is 0.340 e. The smallest absolute Gasteiger partial charge is 0.223 e. The number of nitrogens with one attached hydrogen (secondary N) is 1. The highest BCUT2D eigenvalue weighted by atomic mass is 32.1. The standard InChI is InChI=1S/C8H17N3OS/c9-1-2-10-3-4-11-6-7(13)5-8(11)12/h7,10,13H,1-6,9H2. The average molecular weight is 203 g/mol. The molecule has 1 aliphatic heterocycles. The van der Waals surface area contributed by atoms with Gasteiger partial charge in [0, 0.05) is 44.4 Å². The minimum absolute atomic E-state index is 0.217. The van der Waals surface area contributed by atoms with Gasteiger partial charge in [0.15, 0.2) is 0 Å². The number of likely N-dealkylation sites (tertiary alicyclic amines) is 1. The molecule has 0 bridgehead atoms. The van der Waals surface area contributed by atoms with Gasteiger partial charge in [0.1, 0.15) is 0 Å². The highest BCUT2D eigenvalue weighted by Gasteiger charge is 2.26. The van der Waals surface area contributed by atoms with Crippen LogP contribution in [0.4, 0.5) is 0 Å². The summed E-state index contributed by atoms with van der Waals surface area (Å²) in [7, 11) is 0. The highest BCUT2D eigenvalue weighted by Crippen LogP contribution is 2.14. The minimum atomic E-state index is 0.217. The van der Waals surface area contributed by atoms with E-state index in [-0.39, 0.29) is 11.2 Å². The lowest BCUT2D eigenvalue weighted by atomic mass is 10.4. The number of carbonyl (C=O) groups excluding carboxylic acids is 1. The van der Waals surface area contributed by atoms with Crippen molar-refractivity contribution >= 4 is 18.5 Å². The van der Waals surface area contributed by atoms with E-state index in [0.717, 1.165) is 26.2 Å². The topological polar surface area (TPSA) is 58.4 Å². The number of hydrogen-bond donors (Lipinski definition) is 3. The molecule has 5 heteroatoms. The van der Waals surface area contributed by atoms with Crippen molar-refractivity contribution in [3.8, 4) is 0 Å². The molecular weight excluding hydrogens is 186 g/mol. The molecule has 0 aromatic heterocycles. The molecule has 0 spiro atoms. The third-order valence-electron chi connectivity index (χ3n) is 2.07. The first-order valence-electron chi connectivity index (χ1n) is 4.60. The first kappa shape index (κ1) is 10.8. The minimum Gasteiger partial charge on any atom is -0.340 e. The van der Waals surface area contributed by atoms with Crippen molar-refractivity contribution in [3.63, 3.8) is 0 Å². The van der Waals surface area contributed by atoms with E-state index in [1.807, 2.05) is 4.90 Å². The van der Waals surface area contributed by atoms with Crippen LogP contribution in [0, 0.1) is 0 Å². The zero-order valence-electron chi connectivity index (χ0n) is 7.70. The molecule has 1 fully saturated rings. The summed E-state index contributed by atoms with van der Waals surface area (Å²) in [6, 6.07) is 0. The van der Waals surface area contributed by atoms with Gasteiger partial charge in [-0.05, 0) is 0 Å². The van der Waals surface area contributed by atoms with Crippen LogP contribution in [0.5, 0.6) is 0 Å². The Balaban J connectivity index is 2.11. The van der Waals surface area contributed by atoms with Gasteiger partial charge in [0.2, 0.25) is 5.91 Å². The number of rotatable bonds is 5. The lowest BCUT2D eigenvalue weighted by Crippen LogP contribution is -2.35. The van der Waals surface area contributed by atoms with Crippen LogP contribution < -0.4 is 11.1 Å². The second kappa shape index (κ2) is 5.47. The monoisotopic (exact) mass is 203 g/mol. The number of carbonyl (C=O) groups is 1. The van der Waals surface area contributed by atoms with Crippen LogP contribution in [0.1, 0.15) is 6.42 Å². The van der Waals surface area contributed by atoms with E-state index in [1.54, 1.807) is 0 Å². The predicted molar refractivity (Wildman–Crippen MR) is 55.9 cm³/mol. The SMILES string of the molecule is NCCNCCN1CC(S)CC1=O. The molecule has 1 saturated heterocycles. The first-order valence-corrected chi connectivity index (χ1v) is 5.12. The summed E-state index contributed by atoms with van der Waals surface area (Å²) < 4.78 is 0. The van der Waals surface area contributed by atoms with Crippen molar-refractivity contribution in [2.75, 3.05) is 32.7 Å². The Hall–Kier alpha value is -0.260. The van der Waals surface area contributed by atoms with Crippen LogP contribution in [0.15, 0.2) is 0 Å². The fourth-order valence-electron chi connectivity index (χ4n) is 1.41. The van der Waals surface area contributed by atoms with E-state index in [2.05, 4.69) is 17.9 Å². The summed E-state index contributed by atoms with van der Waals surface area (Å²) in [5.41, 5.74) is 5.32. The van der Waals surface area contributed by atoms with Crippen molar-refractivity contribution < 1.29 is 4.79 Å². The number of thiol groups is 1. The third kappa shape index (κ3) is 3.54. The van der Waals surface area contributed by atoms with E-state index < -0.39 is 0 Å². The molecule has 1 rings (SSSR count). The quantitative estimate of drug-likeness (QED) is 0.399. The Bertz CT molecular complexity index is 177. The van der Waals surface area contributed by atoms with Gasteiger partial charge in [-0.1, -0.05) is 0 Å². The van der Waals surface area contributed by atoms with Crippen LogP contribution in [0.2, 0.25) is 0 Å². The zero-order valence-corrected chi connectivity index (χ0v) is 8.59. The van der Waals surface area contributed by atoms with E-state index >= 15 is 0 Å². The second-order valence-electron chi connectivity index (χ2n) is 3.24. The molecule has 13 heavy (non-hydrogen) atoms. The zero-order chi connectivity index (χ0) is 9.68. The Morgan fingerprint density at radius 1 is 1.62 bits per heavy atom. The molecule has 0 radical (unpaired) electrons. The lowest BCUT2D eigenvalue weighted by Gasteiger charge is -2.15. The van der Waals surface area contributed by atoms with E-state index in [9.17, 15) is 4.79 Å². The first-order chi connectivity index (χ1) is 6.24. The Kier molecular flexibility index (Phi) is 4.55. The normalized spacial score (nSPS) is 22.8. The highest BCUT2D eigenvalue weighted by molar-refractivity contribution is 7.81. The molecule has 0 saturated carbocycles. The molecule has 1 amide bonds. The Morgan fingerprint density at radius 3 is 2.92 bits per heavy atom. The maximum absolute atomic E-state index is 11.3. The van der Waals surface area contributed by atoms with Crippen molar-refractivity contribution in [1.29, 1.82) is 0 Å². The van der Waals surface area contributed by atoms with Crippen molar-refractivity contribution in [2.24, 2.45) is 5.73 Å². The van der Waals surface area contributed by atoms with Gasteiger partial charge in [-0.25, -0.2) is 0 Å². The van der Waals surface area contributed by atoms with Gasteiger partial charge in [0.05, 0.1) is 0 Å². The van der Waals surface area contributed by atoms with Gasteiger partial charge < -0.3 is 16.0 Å². The van der Waals surface area contributed by atoms with E-state index in [0.29, 0.717) is 13.0 Å². The molecule has 0 aromatic carbocycles. The summed E-state index contributed by atoms with van der Waals surface area (Å²) in [5.74, 6) is 0.217. The van der Waals surface area contributed by atoms with Crippen LogP contribution in [-0.4, -0.2) is 48.8 Å². The van der Waals surface area contributed by atoms with Crippen LogP contribution in [0.3, 0.4) is 0 Å². The molecule has 1 heterocycles. The molecule has 3 N–H and O–H groups in total. The van der Waals surface area contributed by atoms with Gasteiger partial charge in [0.25, 0.3) is 0 Å². The number of amides is 1. The third-order valence-corrected chi connectivity index (χ3v) is 2.42. The number of hydrogen-bond acceptors (Lipinski definition) is 4. The fraction of sp³-hybridized carbons (Fsp3) is 0.875. The van der Waals surface area contributed by atoms with E-state index in [4.69, 9.17) is 5.73 Å². The summed E-state index contributed by atoms with van der Waals surface area (Å²) in [4.78, 5) is 13.1. The fourth-order valence-corrected chi connectivity index (χ4v) is 1.76. The van der Waals surface area contributed by atoms with E-state index in [1.165, 1.54) is 0 Å². The molecule has 0 aliphatic carbocycles. The van der Waals surface area contributed by atoms with Gasteiger partial charge in [-0.3, -0.25) is 4.79 Å². The van der Waals surface area contributed by atoms with Crippen LogP contribution in [-0.2, 0) is 4.79 Å². The van der Waals surface area contributed by atoms with Gasteiger partial charge in [-0.2, -0.15) is 12.6 Å². The molecule has 76 valence electrons. The second-order valence-corrected chi connectivity index (χ2v) is 3.97. The van der Waals surface area contributed by atoms with Gasteiger partial charge >= 0.3 is 0 Å². The van der Waals surface area contributed by atoms with Crippen LogP contribution in [0.25, 0.3) is 0 Å². The molecule has 1 unspecified atom stereocenters. The number of nitrogens with two attached hydrogens (primary N) is 1. The average Bonchev–Trinajstić information content (AvgIpc) is 2.39. The molecule has 0 aromatic rings. The molecule has 4 nitrogen and oxygen atoms in total. The number of nitrogens with zero attached hydrogens (tertiary/aromatic N) is 1. The molecule has 1 aliphatic rings. The van der Waals surface area contributed by atoms with Crippen molar-refractivity contribution in [1.82, 2.24) is 10.2 Å². The Morgan fingerprint density at radius 2 is 2.38 bits per heavy atom. The summed E-state index contributed by atoms with van der Waals surface area (Å²) in [6.07, 6.45) is 0.583. The summed E-state index contributed by atoms with van der Waals surface area (Å²) in [5, 5.41) is 3.38. The van der Waals surface area contributed by atoms with Crippen molar-refractivity contribution in [2.45, 2.75) is 11.7 Å². The Labute approximate surface area is 84.3 Å². The molecular formula is C8H17N3OS. The summed E-state index contributed by atoms with van der Waals surface area (Å²) in [6.45, 7) is 3.83. The lowest BCUT2D eigenvalue weighted by molar-refractivity contribution is -0.127. The molecule has 1 atom stereocenters. The van der Waals surface area contributed by atoms with Gasteiger partial charge in [-0.15, -0.1) is 0 Å². The van der Waals surface area contributed by atoms with Crippen molar-refractivity contribution in [3.05, 3.63) is 0 Å². The predicted octanol–water partition coefficient (Wildman–Crippen LogP) is -0.935. The summed E-state index contributed by atoms with van der Waals surface area (Å²) >= 11 is 4.27. The van der Waals surface area contributed by atoms with Crippen LogP contribution >= 0.6 is 12.6 Å². The maximum Gasteiger partial charge on any atom is 0.223 e.